The first-order chi connectivity index (χ1) is 15.3. The molecule has 178 valence electrons. The van der Waals surface area contributed by atoms with Crippen molar-refractivity contribution in [3.63, 3.8) is 0 Å². The number of hydrogen-bond acceptors (Lipinski definition) is 5. The Kier molecular flexibility index (Phi) is 7.54. The molecule has 0 radical (unpaired) electrons. The molecule has 1 aromatic carbocycles. The number of fused-ring (bicyclic) bond motifs is 1. The molecular weight excluding hydrogens is 426 g/mol. The van der Waals surface area contributed by atoms with Crippen molar-refractivity contribution in [2.24, 2.45) is 5.92 Å². The molecule has 2 saturated heterocycles. The van der Waals surface area contributed by atoms with E-state index in [9.17, 15) is 13.2 Å². The number of morpholine rings is 1. The minimum atomic E-state index is -3.49. The van der Waals surface area contributed by atoms with Gasteiger partial charge in [0.25, 0.3) is 0 Å². The van der Waals surface area contributed by atoms with Crippen molar-refractivity contribution in [1.82, 2.24) is 14.5 Å². The Morgan fingerprint density at radius 1 is 1.09 bits per heavy atom. The first-order valence-corrected chi connectivity index (χ1v) is 13.5. The van der Waals surface area contributed by atoms with Crippen LogP contribution in [0.3, 0.4) is 0 Å². The van der Waals surface area contributed by atoms with Crippen molar-refractivity contribution in [2.45, 2.75) is 69.5 Å². The second-order valence-corrected chi connectivity index (χ2v) is 11.6. The molecule has 1 aliphatic carbocycles. The van der Waals surface area contributed by atoms with Crippen molar-refractivity contribution < 1.29 is 17.9 Å². The Morgan fingerprint density at radius 3 is 2.50 bits per heavy atom. The van der Waals surface area contributed by atoms with Crippen LogP contribution in [0.5, 0.6) is 0 Å². The van der Waals surface area contributed by atoms with Gasteiger partial charge >= 0.3 is 0 Å². The highest BCUT2D eigenvalue weighted by molar-refractivity contribution is 7.89. The SMILES string of the molecule is C[C@@H]1CN(CCCNC(=O)C2CCN(S(=O)(=O)c3ccc4c(c3)CCC4)CC2)C[C@@H](C)O1. The average Bonchev–Trinajstić information content (AvgIpc) is 3.24. The maximum Gasteiger partial charge on any atom is 0.243 e. The molecule has 4 rings (SSSR count). The van der Waals surface area contributed by atoms with E-state index in [1.807, 2.05) is 12.1 Å². The lowest BCUT2D eigenvalue weighted by atomic mass is 9.97. The number of sulfonamides is 1. The number of carbonyl (C=O) groups excluding carboxylic acids is 1. The highest BCUT2D eigenvalue weighted by Crippen LogP contribution is 2.28. The van der Waals surface area contributed by atoms with E-state index in [0.29, 0.717) is 37.4 Å². The lowest BCUT2D eigenvalue weighted by Crippen LogP contribution is -2.46. The highest BCUT2D eigenvalue weighted by atomic mass is 32.2. The summed E-state index contributed by atoms with van der Waals surface area (Å²) in [5.41, 5.74) is 2.44. The van der Waals surface area contributed by atoms with E-state index in [0.717, 1.165) is 45.3 Å². The van der Waals surface area contributed by atoms with Gasteiger partial charge in [0.1, 0.15) is 0 Å². The summed E-state index contributed by atoms with van der Waals surface area (Å²) in [5, 5.41) is 3.06. The standard InChI is InChI=1S/C24H37N3O4S/c1-18-16-26(17-19(2)31-18)12-4-11-25-24(28)21-9-13-27(14-10-21)32(29,30)23-8-7-20-5-3-6-22(20)15-23/h7-8,15,18-19,21H,3-6,9-14,16-17H2,1-2H3,(H,25,28)/t18-,19-/m1/s1. The quantitative estimate of drug-likeness (QED) is 0.627. The zero-order chi connectivity index (χ0) is 22.7. The van der Waals surface area contributed by atoms with E-state index >= 15 is 0 Å². The molecule has 0 spiro atoms. The predicted molar refractivity (Wildman–Crippen MR) is 124 cm³/mol. The zero-order valence-corrected chi connectivity index (χ0v) is 20.2. The van der Waals surface area contributed by atoms with Gasteiger partial charge in [-0.25, -0.2) is 8.42 Å². The minimum Gasteiger partial charge on any atom is -0.373 e. The number of rotatable bonds is 7. The van der Waals surface area contributed by atoms with Gasteiger partial charge in [0.2, 0.25) is 15.9 Å². The van der Waals surface area contributed by atoms with Crippen LogP contribution < -0.4 is 5.32 Å². The number of benzene rings is 1. The number of nitrogens with zero attached hydrogens (tertiary/aromatic N) is 2. The van der Waals surface area contributed by atoms with Gasteiger partial charge in [0.05, 0.1) is 17.1 Å². The number of amides is 1. The Labute approximate surface area is 192 Å². The maximum absolute atomic E-state index is 13.1. The molecule has 1 amide bonds. The third kappa shape index (κ3) is 5.53. The third-order valence-corrected chi connectivity index (χ3v) is 8.87. The van der Waals surface area contributed by atoms with Crippen LogP contribution in [0.15, 0.2) is 23.1 Å². The van der Waals surface area contributed by atoms with Crippen molar-refractivity contribution in [2.75, 3.05) is 39.3 Å². The summed E-state index contributed by atoms with van der Waals surface area (Å²) in [6, 6.07) is 5.56. The molecule has 32 heavy (non-hydrogen) atoms. The predicted octanol–water partition coefficient (Wildman–Crippen LogP) is 2.19. The molecule has 2 fully saturated rings. The molecule has 0 aromatic heterocycles. The molecule has 1 N–H and O–H groups in total. The summed E-state index contributed by atoms with van der Waals surface area (Å²) < 4.78 is 33.5. The summed E-state index contributed by atoms with van der Waals surface area (Å²) in [6.45, 7) is 8.50. The molecular formula is C24H37N3O4S. The Hall–Kier alpha value is -1.48. The van der Waals surface area contributed by atoms with Gasteiger partial charge in [-0.1, -0.05) is 6.07 Å². The molecule has 2 aliphatic heterocycles. The van der Waals surface area contributed by atoms with Crippen LogP contribution in [0.4, 0.5) is 0 Å². The Balaban J connectivity index is 1.21. The van der Waals surface area contributed by atoms with Crippen LogP contribution in [0.1, 0.15) is 50.7 Å². The fourth-order valence-corrected chi connectivity index (χ4v) is 6.86. The normalized spacial score (nSPS) is 25.6. The number of nitrogens with one attached hydrogen (secondary N) is 1. The molecule has 8 heteroatoms. The smallest absolute Gasteiger partial charge is 0.243 e. The summed E-state index contributed by atoms with van der Waals surface area (Å²) in [5.74, 6) is -0.0480. The van der Waals surface area contributed by atoms with Gasteiger partial charge in [-0.3, -0.25) is 9.69 Å². The van der Waals surface area contributed by atoms with Gasteiger partial charge in [-0.05, 0) is 75.6 Å². The van der Waals surface area contributed by atoms with Crippen molar-refractivity contribution in [3.05, 3.63) is 29.3 Å². The average molecular weight is 464 g/mol. The largest absolute Gasteiger partial charge is 0.373 e. The topological polar surface area (TPSA) is 79.0 Å². The molecule has 2 atom stereocenters. The first kappa shape index (κ1) is 23.7. The number of aryl methyl sites for hydroxylation is 2. The van der Waals surface area contributed by atoms with Gasteiger partial charge in [-0.2, -0.15) is 4.31 Å². The number of hydrogen-bond donors (Lipinski definition) is 1. The van der Waals surface area contributed by atoms with Crippen LogP contribution in [-0.4, -0.2) is 75.0 Å². The molecule has 2 heterocycles. The molecule has 3 aliphatic rings. The summed E-state index contributed by atoms with van der Waals surface area (Å²) in [4.78, 5) is 15.4. The van der Waals surface area contributed by atoms with Crippen molar-refractivity contribution in [3.8, 4) is 0 Å². The lowest BCUT2D eigenvalue weighted by Gasteiger charge is -2.35. The summed E-state index contributed by atoms with van der Waals surface area (Å²) >= 11 is 0. The van der Waals surface area contributed by atoms with Crippen LogP contribution in [-0.2, 0) is 32.4 Å². The summed E-state index contributed by atoms with van der Waals surface area (Å²) in [7, 11) is -3.49. The van der Waals surface area contributed by atoms with E-state index in [4.69, 9.17) is 4.74 Å². The zero-order valence-electron chi connectivity index (χ0n) is 19.4. The molecule has 0 saturated carbocycles. The maximum atomic E-state index is 13.1. The second kappa shape index (κ2) is 10.2. The number of piperidine rings is 1. The lowest BCUT2D eigenvalue weighted by molar-refractivity contribution is -0.126. The molecule has 1 aromatic rings. The number of carbonyl (C=O) groups is 1. The van der Waals surface area contributed by atoms with Crippen LogP contribution in [0.2, 0.25) is 0 Å². The van der Waals surface area contributed by atoms with Gasteiger partial charge in [0.15, 0.2) is 0 Å². The molecule has 0 bridgehead atoms. The second-order valence-electron chi connectivity index (χ2n) is 9.62. The Bertz CT molecular complexity index is 902. The van der Waals surface area contributed by atoms with Gasteiger partial charge in [-0.15, -0.1) is 0 Å². The fraction of sp³-hybridized carbons (Fsp3) is 0.708. The van der Waals surface area contributed by atoms with E-state index in [1.165, 1.54) is 11.1 Å². The van der Waals surface area contributed by atoms with E-state index < -0.39 is 10.0 Å². The monoisotopic (exact) mass is 463 g/mol. The van der Waals surface area contributed by atoms with Gasteiger partial charge < -0.3 is 10.1 Å². The van der Waals surface area contributed by atoms with Gasteiger partial charge in [0, 0.05) is 45.2 Å². The van der Waals surface area contributed by atoms with E-state index in [1.54, 1.807) is 10.4 Å². The highest BCUT2D eigenvalue weighted by Gasteiger charge is 2.32. The first-order valence-electron chi connectivity index (χ1n) is 12.1. The van der Waals surface area contributed by atoms with E-state index in [-0.39, 0.29) is 24.0 Å². The van der Waals surface area contributed by atoms with Crippen LogP contribution >= 0.6 is 0 Å². The minimum absolute atomic E-state index is 0.0586. The van der Waals surface area contributed by atoms with Crippen LogP contribution in [0, 0.1) is 5.92 Å². The van der Waals surface area contributed by atoms with E-state index in [2.05, 4.69) is 24.1 Å². The third-order valence-electron chi connectivity index (χ3n) is 6.98. The fourth-order valence-electron chi connectivity index (χ4n) is 5.34. The van der Waals surface area contributed by atoms with Crippen molar-refractivity contribution >= 4 is 15.9 Å². The Morgan fingerprint density at radius 2 is 1.78 bits per heavy atom. The van der Waals surface area contributed by atoms with Crippen LogP contribution in [0.25, 0.3) is 0 Å². The molecule has 7 nitrogen and oxygen atoms in total. The number of ether oxygens (including phenoxy) is 1. The summed E-state index contributed by atoms with van der Waals surface area (Å²) in [6.07, 6.45) is 5.69. The molecule has 0 unspecified atom stereocenters. The van der Waals surface area contributed by atoms with Crippen molar-refractivity contribution in [1.29, 1.82) is 0 Å².